The van der Waals surface area contributed by atoms with E-state index in [1.54, 1.807) is 13.2 Å². The molecule has 0 atom stereocenters. The molecule has 0 aromatic heterocycles. The number of hydrogen-bond acceptors (Lipinski definition) is 4. The van der Waals surface area contributed by atoms with Crippen molar-refractivity contribution in [1.82, 2.24) is 10.2 Å². The number of carbonyl (C=O) groups excluding carboxylic acids is 1. The standard InChI is InChI=1S/C22H27BrN2O3/c1-27-13-14-28-21-8-7-18(15-20(21)23)22(26)24-19-9-11-25(12-10-19)16-17-5-3-2-4-6-17/h2-8,15,19H,9-14,16H2,1H3,(H,24,26). The summed E-state index contributed by atoms with van der Waals surface area (Å²) in [6.07, 6.45) is 1.94. The number of likely N-dealkylation sites (tertiary alicyclic amines) is 1. The van der Waals surface area contributed by atoms with Gasteiger partial charge in [0.15, 0.2) is 0 Å². The predicted octanol–water partition coefficient (Wildman–Crippen LogP) is 3.87. The van der Waals surface area contributed by atoms with Crippen LogP contribution in [0.3, 0.4) is 0 Å². The summed E-state index contributed by atoms with van der Waals surface area (Å²) >= 11 is 3.48. The summed E-state index contributed by atoms with van der Waals surface area (Å²) in [6.45, 7) is 3.96. The third-order valence-corrected chi connectivity index (χ3v) is 5.53. The minimum Gasteiger partial charge on any atom is -0.490 e. The summed E-state index contributed by atoms with van der Waals surface area (Å²) in [6, 6.07) is 16.2. The lowest BCUT2D eigenvalue weighted by Gasteiger charge is -2.32. The van der Waals surface area contributed by atoms with E-state index in [-0.39, 0.29) is 11.9 Å². The Labute approximate surface area is 175 Å². The first-order valence-electron chi connectivity index (χ1n) is 9.64. The lowest BCUT2D eigenvalue weighted by atomic mass is 10.0. The van der Waals surface area contributed by atoms with Gasteiger partial charge in [-0.25, -0.2) is 0 Å². The van der Waals surface area contributed by atoms with Crippen molar-refractivity contribution in [2.45, 2.75) is 25.4 Å². The molecule has 1 amide bonds. The van der Waals surface area contributed by atoms with E-state index in [9.17, 15) is 4.79 Å². The number of hydrogen-bond donors (Lipinski definition) is 1. The van der Waals surface area contributed by atoms with Crippen molar-refractivity contribution >= 4 is 21.8 Å². The molecule has 0 saturated carbocycles. The molecule has 1 fully saturated rings. The third-order valence-electron chi connectivity index (χ3n) is 4.91. The van der Waals surface area contributed by atoms with Crippen LogP contribution in [0.5, 0.6) is 5.75 Å². The van der Waals surface area contributed by atoms with Gasteiger partial charge in [0.05, 0.1) is 11.1 Å². The van der Waals surface area contributed by atoms with Crippen LogP contribution in [0.25, 0.3) is 0 Å². The zero-order valence-electron chi connectivity index (χ0n) is 16.2. The molecule has 1 aliphatic rings. The fourth-order valence-electron chi connectivity index (χ4n) is 3.34. The van der Waals surface area contributed by atoms with E-state index < -0.39 is 0 Å². The number of piperidine rings is 1. The maximum Gasteiger partial charge on any atom is 0.251 e. The van der Waals surface area contributed by atoms with Crippen molar-refractivity contribution in [2.75, 3.05) is 33.4 Å². The highest BCUT2D eigenvalue weighted by Crippen LogP contribution is 2.26. The Kier molecular flexibility index (Phi) is 7.89. The van der Waals surface area contributed by atoms with E-state index in [0.717, 1.165) is 36.9 Å². The molecule has 0 aliphatic carbocycles. The lowest BCUT2D eigenvalue weighted by Crippen LogP contribution is -2.44. The Bertz CT molecular complexity index is 762. The van der Waals surface area contributed by atoms with Crippen molar-refractivity contribution in [2.24, 2.45) is 0 Å². The van der Waals surface area contributed by atoms with Crippen LogP contribution in [0.15, 0.2) is 53.0 Å². The molecule has 2 aromatic rings. The average Bonchev–Trinajstić information content (AvgIpc) is 2.71. The van der Waals surface area contributed by atoms with Crippen LogP contribution in [-0.4, -0.2) is 50.3 Å². The summed E-state index contributed by atoms with van der Waals surface area (Å²) in [7, 11) is 1.64. The summed E-state index contributed by atoms with van der Waals surface area (Å²) < 4.78 is 11.4. The molecule has 6 heteroatoms. The monoisotopic (exact) mass is 446 g/mol. The van der Waals surface area contributed by atoms with Crippen LogP contribution < -0.4 is 10.1 Å². The zero-order chi connectivity index (χ0) is 19.8. The second-order valence-corrected chi connectivity index (χ2v) is 7.85. The molecule has 0 radical (unpaired) electrons. The lowest BCUT2D eigenvalue weighted by molar-refractivity contribution is 0.0908. The van der Waals surface area contributed by atoms with Crippen molar-refractivity contribution in [3.8, 4) is 5.75 Å². The van der Waals surface area contributed by atoms with Crippen molar-refractivity contribution in [1.29, 1.82) is 0 Å². The number of rotatable bonds is 8. The molecule has 1 aliphatic heterocycles. The molecule has 1 saturated heterocycles. The Hall–Kier alpha value is -1.89. The largest absolute Gasteiger partial charge is 0.490 e. The van der Waals surface area contributed by atoms with E-state index >= 15 is 0 Å². The van der Waals surface area contributed by atoms with Gasteiger partial charge in [-0.05, 0) is 52.5 Å². The number of benzene rings is 2. The minimum atomic E-state index is -0.0364. The zero-order valence-corrected chi connectivity index (χ0v) is 17.8. The molecular formula is C22H27BrN2O3. The second kappa shape index (κ2) is 10.6. The van der Waals surface area contributed by atoms with Gasteiger partial charge in [-0.1, -0.05) is 30.3 Å². The molecule has 1 heterocycles. The van der Waals surface area contributed by atoms with Gasteiger partial charge < -0.3 is 14.8 Å². The van der Waals surface area contributed by atoms with Gasteiger partial charge in [0.1, 0.15) is 12.4 Å². The first kappa shape index (κ1) is 20.8. The third kappa shape index (κ3) is 6.06. The van der Waals surface area contributed by atoms with Crippen molar-refractivity contribution < 1.29 is 14.3 Å². The van der Waals surface area contributed by atoms with Gasteiger partial charge in [0.2, 0.25) is 0 Å². The molecule has 1 N–H and O–H groups in total. The molecule has 2 aromatic carbocycles. The molecule has 0 unspecified atom stereocenters. The molecular weight excluding hydrogens is 420 g/mol. The molecule has 0 spiro atoms. The molecule has 28 heavy (non-hydrogen) atoms. The number of ether oxygens (including phenoxy) is 2. The number of methoxy groups -OCH3 is 1. The van der Waals surface area contributed by atoms with E-state index in [2.05, 4.69) is 50.4 Å². The van der Waals surface area contributed by atoms with Gasteiger partial charge in [-0.2, -0.15) is 0 Å². The van der Waals surface area contributed by atoms with Crippen LogP contribution in [0.4, 0.5) is 0 Å². The van der Waals surface area contributed by atoms with Crippen LogP contribution in [-0.2, 0) is 11.3 Å². The fraction of sp³-hybridized carbons (Fsp3) is 0.409. The number of nitrogens with zero attached hydrogens (tertiary/aromatic N) is 1. The maximum absolute atomic E-state index is 12.6. The first-order chi connectivity index (χ1) is 13.7. The summed E-state index contributed by atoms with van der Waals surface area (Å²) in [5.41, 5.74) is 1.97. The fourth-order valence-corrected chi connectivity index (χ4v) is 3.83. The van der Waals surface area contributed by atoms with Gasteiger partial charge in [0, 0.05) is 38.3 Å². The number of nitrogens with one attached hydrogen (secondary N) is 1. The van der Waals surface area contributed by atoms with Gasteiger partial charge in [-0.15, -0.1) is 0 Å². The maximum atomic E-state index is 12.6. The average molecular weight is 447 g/mol. The normalized spacial score (nSPS) is 15.4. The highest BCUT2D eigenvalue weighted by molar-refractivity contribution is 9.10. The molecule has 150 valence electrons. The van der Waals surface area contributed by atoms with Gasteiger partial charge in [0.25, 0.3) is 5.91 Å². The van der Waals surface area contributed by atoms with Crippen molar-refractivity contribution in [3.63, 3.8) is 0 Å². The molecule has 5 nitrogen and oxygen atoms in total. The van der Waals surface area contributed by atoms with E-state index in [1.807, 2.05) is 18.2 Å². The van der Waals surface area contributed by atoms with Crippen LogP contribution in [0.2, 0.25) is 0 Å². The Morgan fingerprint density at radius 1 is 1.14 bits per heavy atom. The van der Waals surface area contributed by atoms with E-state index in [0.29, 0.717) is 24.5 Å². The van der Waals surface area contributed by atoms with Gasteiger partial charge in [-0.3, -0.25) is 9.69 Å². The van der Waals surface area contributed by atoms with Crippen LogP contribution in [0.1, 0.15) is 28.8 Å². The Morgan fingerprint density at radius 3 is 2.57 bits per heavy atom. The van der Waals surface area contributed by atoms with E-state index in [1.165, 1.54) is 5.56 Å². The Balaban J connectivity index is 1.47. The first-order valence-corrected chi connectivity index (χ1v) is 10.4. The van der Waals surface area contributed by atoms with E-state index in [4.69, 9.17) is 9.47 Å². The summed E-state index contributed by atoms with van der Waals surface area (Å²) in [5, 5.41) is 3.17. The topological polar surface area (TPSA) is 50.8 Å². The second-order valence-electron chi connectivity index (χ2n) is 7.00. The summed E-state index contributed by atoms with van der Waals surface area (Å²) in [5.74, 6) is 0.675. The quantitative estimate of drug-likeness (QED) is 0.625. The number of halogens is 1. The molecule has 3 rings (SSSR count). The number of carbonyl (C=O) groups is 1. The Morgan fingerprint density at radius 2 is 1.89 bits per heavy atom. The van der Waals surface area contributed by atoms with Gasteiger partial charge >= 0.3 is 0 Å². The SMILES string of the molecule is COCCOc1ccc(C(=O)NC2CCN(Cc3ccccc3)CC2)cc1Br. The van der Waals surface area contributed by atoms with Crippen molar-refractivity contribution in [3.05, 3.63) is 64.1 Å². The van der Waals surface area contributed by atoms with Crippen LogP contribution in [0, 0.1) is 0 Å². The highest BCUT2D eigenvalue weighted by Gasteiger charge is 2.21. The highest BCUT2D eigenvalue weighted by atomic mass is 79.9. The predicted molar refractivity (Wildman–Crippen MR) is 114 cm³/mol. The summed E-state index contributed by atoms with van der Waals surface area (Å²) in [4.78, 5) is 15.0. The van der Waals surface area contributed by atoms with Crippen LogP contribution >= 0.6 is 15.9 Å². The minimum absolute atomic E-state index is 0.0364. The molecule has 0 bridgehead atoms. The smallest absolute Gasteiger partial charge is 0.251 e. The number of amides is 1.